The summed E-state index contributed by atoms with van der Waals surface area (Å²) in [6.07, 6.45) is 7.97. The number of fused-ring (bicyclic) bond motifs is 1. The molecule has 1 atom stereocenters. The molecule has 1 amide bonds. The van der Waals surface area contributed by atoms with Gasteiger partial charge in [-0.2, -0.15) is 13.5 Å². The molecule has 5 rings (SSSR count). The van der Waals surface area contributed by atoms with Crippen molar-refractivity contribution in [1.29, 1.82) is 0 Å². The Morgan fingerprint density at radius 2 is 1.87 bits per heavy atom. The molecule has 0 radical (unpaired) electrons. The number of aromatic nitrogens is 5. The van der Waals surface area contributed by atoms with Crippen molar-refractivity contribution in [3.63, 3.8) is 0 Å². The van der Waals surface area contributed by atoms with Crippen LogP contribution in [0.4, 0.5) is 11.8 Å². The number of hydrogen-bond acceptors (Lipinski definition) is 9. The smallest absolute Gasteiger partial charge is 0.251 e. The minimum absolute atomic E-state index is 0. The van der Waals surface area contributed by atoms with E-state index >= 15 is 0 Å². The summed E-state index contributed by atoms with van der Waals surface area (Å²) in [5, 5.41) is 16.6. The standard InChI is InChI=1S/C27H30N8O2.H2S/c1-17(20-4-3-5-21-22(26(37)28-2)6-9-29-25(20)21)13-30-24-12-23(33-16-34-24)18-14-31-27(32-15-18)35-10-7-19(36)8-11-35;/h3-6,9,12,14-17,19,36H,7-8,10-11,13H2,1-2H3,(H,28,37)(H,30,33,34);1H2/t17-;/m1./s1. The maximum absolute atomic E-state index is 12.3. The number of amides is 1. The fourth-order valence-electron chi connectivity index (χ4n) is 4.59. The van der Waals surface area contributed by atoms with Crippen LogP contribution in [0.25, 0.3) is 22.2 Å². The Kier molecular flexibility index (Phi) is 8.70. The first-order valence-electron chi connectivity index (χ1n) is 12.4. The zero-order valence-electron chi connectivity index (χ0n) is 21.4. The molecule has 4 heterocycles. The molecule has 1 fully saturated rings. The predicted molar refractivity (Wildman–Crippen MR) is 153 cm³/mol. The van der Waals surface area contributed by atoms with E-state index in [4.69, 9.17) is 0 Å². The SMILES string of the molecule is CNC(=O)c1ccnc2c([C@H](C)CNc3cc(-c4cnc(N5CCC(O)CC5)nc4)ncn3)cccc12.S. The zero-order valence-corrected chi connectivity index (χ0v) is 22.4. The number of anilines is 2. The Balaban J connectivity index is 0.00000336. The number of aliphatic hydroxyl groups excluding tert-OH is 1. The van der Waals surface area contributed by atoms with Crippen molar-refractivity contribution in [2.75, 3.05) is 36.9 Å². The van der Waals surface area contributed by atoms with E-state index in [0.29, 0.717) is 23.9 Å². The number of nitrogens with zero attached hydrogens (tertiary/aromatic N) is 6. The van der Waals surface area contributed by atoms with Crippen LogP contribution in [0.15, 0.2) is 55.2 Å². The van der Waals surface area contributed by atoms with Gasteiger partial charge in [0.05, 0.1) is 22.9 Å². The molecule has 3 N–H and O–H groups in total. The van der Waals surface area contributed by atoms with Crippen LogP contribution in [0.2, 0.25) is 0 Å². The summed E-state index contributed by atoms with van der Waals surface area (Å²) in [6, 6.07) is 9.55. The number of aliphatic hydroxyl groups is 1. The Bertz CT molecular complexity index is 1390. The lowest BCUT2D eigenvalue weighted by atomic mass is 9.96. The van der Waals surface area contributed by atoms with E-state index in [9.17, 15) is 9.90 Å². The zero-order chi connectivity index (χ0) is 25.8. The summed E-state index contributed by atoms with van der Waals surface area (Å²) in [7, 11) is 1.63. The molecular weight excluding hydrogens is 500 g/mol. The number of carbonyl (C=O) groups is 1. The van der Waals surface area contributed by atoms with Gasteiger partial charge in [-0.15, -0.1) is 0 Å². The monoisotopic (exact) mass is 532 g/mol. The minimum Gasteiger partial charge on any atom is -0.393 e. The second kappa shape index (κ2) is 12.1. The first-order chi connectivity index (χ1) is 18.0. The van der Waals surface area contributed by atoms with Crippen molar-refractivity contribution in [2.24, 2.45) is 0 Å². The third-order valence-electron chi connectivity index (χ3n) is 6.74. The van der Waals surface area contributed by atoms with Gasteiger partial charge in [-0.25, -0.2) is 19.9 Å². The lowest BCUT2D eigenvalue weighted by molar-refractivity contribution is 0.0964. The minimum atomic E-state index is -0.234. The van der Waals surface area contributed by atoms with Gasteiger partial charge in [-0.3, -0.25) is 9.78 Å². The summed E-state index contributed by atoms with van der Waals surface area (Å²) in [5.41, 5.74) is 4.02. The molecule has 198 valence electrons. The van der Waals surface area contributed by atoms with Crippen LogP contribution in [-0.2, 0) is 0 Å². The van der Waals surface area contributed by atoms with Gasteiger partial charge in [-0.05, 0) is 24.5 Å². The van der Waals surface area contributed by atoms with E-state index in [0.717, 1.165) is 53.7 Å². The number of hydrogen-bond donors (Lipinski definition) is 3. The number of carbonyl (C=O) groups excluding carboxylic acids is 1. The Hall–Kier alpha value is -3.83. The van der Waals surface area contributed by atoms with E-state index in [1.807, 2.05) is 24.3 Å². The van der Waals surface area contributed by atoms with Crippen molar-refractivity contribution in [3.05, 3.63) is 66.4 Å². The maximum Gasteiger partial charge on any atom is 0.251 e. The van der Waals surface area contributed by atoms with Crippen LogP contribution >= 0.6 is 13.5 Å². The molecule has 4 aromatic rings. The normalized spacial score (nSPS) is 14.6. The van der Waals surface area contributed by atoms with Crippen LogP contribution < -0.4 is 15.5 Å². The number of para-hydroxylation sites is 1. The molecule has 0 bridgehead atoms. The Morgan fingerprint density at radius 1 is 1.11 bits per heavy atom. The van der Waals surface area contributed by atoms with Gasteiger partial charge in [0.2, 0.25) is 5.95 Å². The second-order valence-electron chi connectivity index (χ2n) is 9.24. The van der Waals surface area contributed by atoms with Gasteiger partial charge in [0.15, 0.2) is 0 Å². The fourth-order valence-corrected chi connectivity index (χ4v) is 4.59. The molecule has 0 saturated carbocycles. The summed E-state index contributed by atoms with van der Waals surface area (Å²) >= 11 is 0. The average Bonchev–Trinajstić information content (AvgIpc) is 2.95. The van der Waals surface area contributed by atoms with E-state index in [1.54, 1.807) is 31.7 Å². The van der Waals surface area contributed by atoms with Crippen molar-refractivity contribution in [1.82, 2.24) is 30.2 Å². The average molecular weight is 533 g/mol. The van der Waals surface area contributed by atoms with Crippen molar-refractivity contribution >= 4 is 42.1 Å². The summed E-state index contributed by atoms with van der Waals surface area (Å²) in [5.74, 6) is 1.35. The third kappa shape index (κ3) is 5.84. The van der Waals surface area contributed by atoms with Gasteiger partial charge in [-0.1, -0.05) is 25.1 Å². The molecule has 0 spiro atoms. The summed E-state index contributed by atoms with van der Waals surface area (Å²) in [4.78, 5) is 36.8. The molecule has 0 unspecified atom stereocenters. The fraction of sp³-hybridized carbons (Fsp3) is 0.333. The number of benzene rings is 1. The molecule has 0 aliphatic carbocycles. The van der Waals surface area contributed by atoms with Crippen molar-refractivity contribution in [2.45, 2.75) is 31.8 Å². The molecule has 10 nitrogen and oxygen atoms in total. The summed E-state index contributed by atoms with van der Waals surface area (Å²) < 4.78 is 0. The van der Waals surface area contributed by atoms with Crippen LogP contribution in [0.5, 0.6) is 0 Å². The van der Waals surface area contributed by atoms with Crippen LogP contribution in [0.1, 0.15) is 41.6 Å². The van der Waals surface area contributed by atoms with Gasteiger partial charge < -0.3 is 20.6 Å². The van der Waals surface area contributed by atoms with E-state index in [-0.39, 0.29) is 31.4 Å². The van der Waals surface area contributed by atoms with Crippen LogP contribution in [-0.4, -0.2) is 68.7 Å². The van der Waals surface area contributed by atoms with Crippen molar-refractivity contribution < 1.29 is 9.90 Å². The Morgan fingerprint density at radius 3 is 2.61 bits per heavy atom. The topological polar surface area (TPSA) is 129 Å². The van der Waals surface area contributed by atoms with Crippen LogP contribution in [0.3, 0.4) is 0 Å². The molecule has 1 aliphatic heterocycles. The lowest BCUT2D eigenvalue weighted by Gasteiger charge is -2.29. The number of rotatable bonds is 7. The highest BCUT2D eigenvalue weighted by Crippen LogP contribution is 2.27. The molecule has 38 heavy (non-hydrogen) atoms. The highest BCUT2D eigenvalue weighted by molar-refractivity contribution is 7.59. The highest BCUT2D eigenvalue weighted by atomic mass is 32.1. The molecule has 1 aromatic carbocycles. The molecular formula is C27H32N8O2S. The molecule has 3 aromatic heterocycles. The van der Waals surface area contributed by atoms with Gasteiger partial charge >= 0.3 is 0 Å². The molecule has 11 heteroatoms. The van der Waals surface area contributed by atoms with Crippen molar-refractivity contribution in [3.8, 4) is 11.3 Å². The van der Waals surface area contributed by atoms with Crippen LogP contribution in [0, 0.1) is 0 Å². The second-order valence-corrected chi connectivity index (χ2v) is 9.24. The lowest BCUT2D eigenvalue weighted by Crippen LogP contribution is -2.36. The maximum atomic E-state index is 12.3. The molecule has 1 saturated heterocycles. The number of nitrogens with one attached hydrogen (secondary N) is 2. The summed E-state index contributed by atoms with van der Waals surface area (Å²) in [6.45, 7) is 4.24. The van der Waals surface area contributed by atoms with E-state index < -0.39 is 0 Å². The van der Waals surface area contributed by atoms with E-state index in [2.05, 4.69) is 47.4 Å². The first kappa shape index (κ1) is 27.2. The van der Waals surface area contributed by atoms with Gasteiger partial charge in [0, 0.05) is 68.2 Å². The number of piperidine rings is 1. The highest BCUT2D eigenvalue weighted by Gasteiger charge is 2.19. The number of pyridine rings is 1. The van der Waals surface area contributed by atoms with E-state index in [1.165, 1.54) is 6.33 Å². The molecule has 1 aliphatic rings. The third-order valence-corrected chi connectivity index (χ3v) is 6.74. The first-order valence-corrected chi connectivity index (χ1v) is 12.4. The Labute approximate surface area is 228 Å². The van der Waals surface area contributed by atoms with Gasteiger partial charge in [0.25, 0.3) is 5.91 Å². The largest absolute Gasteiger partial charge is 0.393 e. The predicted octanol–water partition coefficient (Wildman–Crippen LogP) is 3.13. The van der Waals surface area contributed by atoms with Gasteiger partial charge in [0.1, 0.15) is 12.1 Å². The quantitative estimate of drug-likeness (QED) is 0.329.